The van der Waals surface area contributed by atoms with Crippen LogP contribution in [0.4, 0.5) is 13.2 Å². The van der Waals surface area contributed by atoms with Crippen LogP contribution in [0.15, 0.2) is 42.5 Å². The predicted molar refractivity (Wildman–Crippen MR) is 97.2 cm³/mol. The van der Waals surface area contributed by atoms with Gasteiger partial charge in [-0.2, -0.15) is 8.78 Å². The minimum atomic E-state index is -2.98. The fourth-order valence-electron chi connectivity index (χ4n) is 2.38. The molecule has 0 aromatic heterocycles. The van der Waals surface area contributed by atoms with Crippen molar-refractivity contribution in [3.63, 3.8) is 0 Å². The minimum Gasteiger partial charge on any atom is -0.493 e. The van der Waals surface area contributed by atoms with Gasteiger partial charge in [-0.1, -0.05) is 18.2 Å². The first-order chi connectivity index (χ1) is 13.9. The summed E-state index contributed by atoms with van der Waals surface area (Å²) in [6, 6.07) is 10.00. The molecule has 29 heavy (non-hydrogen) atoms. The summed E-state index contributed by atoms with van der Waals surface area (Å²) in [6.07, 6.45) is 0.426. The van der Waals surface area contributed by atoms with Gasteiger partial charge in [0.15, 0.2) is 18.1 Å². The van der Waals surface area contributed by atoms with Crippen LogP contribution in [0.3, 0.4) is 0 Å². The van der Waals surface area contributed by atoms with E-state index in [1.165, 1.54) is 37.4 Å². The van der Waals surface area contributed by atoms with Crippen LogP contribution in [0.2, 0.25) is 0 Å². The molecule has 2 rings (SSSR count). The highest BCUT2D eigenvalue weighted by molar-refractivity contribution is 5.80. The van der Waals surface area contributed by atoms with Gasteiger partial charge >= 0.3 is 12.6 Å². The van der Waals surface area contributed by atoms with Crippen molar-refractivity contribution in [2.75, 3.05) is 13.7 Å². The van der Waals surface area contributed by atoms with E-state index < -0.39 is 25.1 Å². The predicted octanol–water partition coefficient (Wildman–Crippen LogP) is 3.23. The smallest absolute Gasteiger partial charge is 0.387 e. The molecule has 0 bridgehead atoms. The summed E-state index contributed by atoms with van der Waals surface area (Å²) >= 11 is 0. The van der Waals surface area contributed by atoms with Gasteiger partial charge in [-0.15, -0.1) is 0 Å². The van der Waals surface area contributed by atoms with Crippen LogP contribution in [-0.2, 0) is 27.3 Å². The minimum absolute atomic E-state index is 0.0573. The Kier molecular flexibility index (Phi) is 8.32. The first-order valence-electron chi connectivity index (χ1n) is 8.66. The molecule has 2 aromatic rings. The molecule has 0 saturated heterocycles. The summed E-state index contributed by atoms with van der Waals surface area (Å²) in [7, 11) is 1.31. The van der Waals surface area contributed by atoms with E-state index in [0.29, 0.717) is 12.0 Å². The molecule has 0 unspecified atom stereocenters. The molecule has 1 amide bonds. The molecule has 0 fully saturated rings. The maximum absolute atomic E-state index is 12.8. The number of carbonyl (C=O) groups is 2. The van der Waals surface area contributed by atoms with E-state index in [9.17, 15) is 22.8 Å². The fourth-order valence-corrected chi connectivity index (χ4v) is 2.38. The lowest BCUT2D eigenvalue weighted by atomic mass is 10.1. The summed E-state index contributed by atoms with van der Waals surface area (Å²) in [5.74, 6) is -1.45. The summed E-state index contributed by atoms with van der Waals surface area (Å²) in [6.45, 7) is -3.35. The number of esters is 1. The number of halogens is 3. The van der Waals surface area contributed by atoms with Gasteiger partial charge < -0.3 is 19.5 Å². The molecule has 2 aromatic carbocycles. The Morgan fingerprint density at radius 1 is 1.03 bits per heavy atom. The van der Waals surface area contributed by atoms with Gasteiger partial charge in [0.25, 0.3) is 5.91 Å². The molecule has 0 radical (unpaired) electrons. The fraction of sp³-hybridized carbons (Fsp3) is 0.300. The van der Waals surface area contributed by atoms with Gasteiger partial charge in [0, 0.05) is 13.0 Å². The number of benzene rings is 2. The van der Waals surface area contributed by atoms with Gasteiger partial charge in [0.1, 0.15) is 5.82 Å². The molecule has 0 aliphatic rings. The van der Waals surface area contributed by atoms with Gasteiger partial charge in [-0.3, -0.25) is 9.59 Å². The van der Waals surface area contributed by atoms with Crippen molar-refractivity contribution >= 4 is 11.9 Å². The third kappa shape index (κ3) is 7.73. The molecular formula is C20H20F3NO5. The molecule has 6 nitrogen and oxygen atoms in total. The Labute approximate surface area is 165 Å². The van der Waals surface area contributed by atoms with E-state index >= 15 is 0 Å². The number of methoxy groups -OCH3 is 1. The highest BCUT2D eigenvalue weighted by atomic mass is 19.3. The highest BCUT2D eigenvalue weighted by Gasteiger charge is 2.12. The zero-order valence-corrected chi connectivity index (χ0v) is 15.6. The first-order valence-corrected chi connectivity index (χ1v) is 8.66. The summed E-state index contributed by atoms with van der Waals surface area (Å²) in [5, 5.41) is 2.54. The summed E-state index contributed by atoms with van der Waals surface area (Å²) in [5.41, 5.74) is 1.36. The van der Waals surface area contributed by atoms with Crippen LogP contribution in [0, 0.1) is 5.82 Å². The van der Waals surface area contributed by atoms with E-state index in [-0.39, 0.29) is 30.3 Å². The van der Waals surface area contributed by atoms with E-state index in [1.54, 1.807) is 12.1 Å². The second-order valence-corrected chi connectivity index (χ2v) is 5.93. The molecule has 1 N–H and O–H groups in total. The normalized spacial score (nSPS) is 10.5. The third-order valence-electron chi connectivity index (χ3n) is 3.83. The monoisotopic (exact) mass is 411 g/mol. The largest absolute Gasteiger partial charge is 0.493 e. The lowest BCUT2D eigenvalue weighted by Gasteiger charge is -2.12. The average molecular weight is 411 g/mol. The number of nitrogens with one attached hydrogen (secondary N) is 1. The van der Waals surface area contributed by atoms with Crippen LogP contribution in [0.1, 0.15) is 17.5 Å². The van der Waals surface area contributed by atoms with E-state index in [1.807, 2.05) is 0 Å². The van der Waals surface area contributed by atoms with Crippen LogP contribution >= 0.6 is 0 Å². The molecular weight excluding hydrogens is 391 g/mol. The van der Waals surface area contributed by atoms with Crippen LogP contribution < -0.4 is 14.8 Å². The quantitative estimate of drug-likeness (QED) is 0.608. The molecule has 0 heterocycles. The zero-order valence-electron chi connectivity index (χ0n) is 15.6. The number of alkyl halides is 2. The molecule has 9 heteroatoms. The van der Waals surface area contributed by atoms with Crippen LogP contribution in [-0.4, -0.2) is 32.2 Å². The highest BCUT2D eigenvalue weighted by Crippen LogP contribution is 2.29. The third-order valence-corrected chi connectivity index (χ3v) is 3.83. The lowest BCUT2D eigenvalue weighted by molar-refractivity contribution is -0.148. The number of hydrogen-bond acceptors (Lipinski definition) is 5. The van der Waals surface area contributed by atoms with Crippen molar-refractivity contribution in [1.29, 1.82) is 0 Å². The Hall–Kier alpha value is -3.23. The Morgan fingerprint density at radius 2 is 1.72 bits per heavy atom. The van der Waals surface area contributed by atoms with Gasteiger partial charge in [-0.05, 0) is 41.8 Å². The number of rotatable bonds is 10. The van der Waals surface area contributed by atoms with E-state index in [2.05, 4.69) is 10.1 Å². The number of carbonyl (C=O) groups excluding carboxylic acids is 2. The number of amides is 1. The topological polar surface area (TPSA) is 73.9 Å². The zero-order chi connectivity index (χ0) is 21.2. The SMILES string of the molecule is COc1cc(CNC(=O)COC(=O)CCc2ccc(F)cc2)ccc1OC(F)F. The van der Waals surface area contributed by atoms with Gasteiger partial charge in [0.2, 0.25) is 0 Å². The van der Waals surface area contributed by atoms with Crippen molar-refractivity contribution in [3.8, 4) is 11.5 Å². The van der Waals surface area contributed by atoms with Gasteiger partial charge in [-0.25, -0.2) is 4.39 Å². The lowest BCUT2D eigenvalue weighted by Crippen LogP contribution is -2.28. The van der Waals surface area contributed by atoms with Crippen LogP contribution in [0.5, 0.6) is 11.5 Å². The number of aryl methyl sites for hydroxylation is 1. The second-order valence-electron chi connectivity index (χ2n) is 5.93. The molecule has 0 saturated carbocycles. The number of hydrogen-bond donors (Lipinski definition) is 1. The first kappa shape index (κ1) is 22.1. The molecule has 0 spiro atoms. The van der Waals surface area contributed by atoms with Crippen molar-refractivity contribution in [3.05, 3.63) is 59.4 Å². The average Bonchev–Trinajstić information content (AvgIpc) is 2.70. The number of ether oxygens (including phenoxy) is 3. The Morgan fingerprint density at radius 3 is 2.38 bits per heavy atom. The summed E-state index contributed by atoms with van der Waals surface area (Å²) in [4.78, 5) is 23.5. The maximum Gasteiger partial charge on any atom is 0.387 e. The molecule has 0 aliphatic heterocycles. The van der Waals surface area contributed by atoms with Crippen molar-refractivity contribution < 1.29 is 37.0 Å². The van der Waals surface area contributed by atoms with Crippen molar-refractivity contribution in [1.82, 2.24) is 5.32 Å². The van der Waals surface area contributed by atoms with Gasteiger partial charge in [0.05, 0.1) is 7.11 Å². The molecule has 156 valence electrons. The van der Waals surface area contributed by atoms with Crippen molar-refractivity contribution in [2.45, 2.75) is 26.0 Å². The Bertz CT molecular complexity index is 827. The summed E-state index contributed by atoms with van der Waals surface area (Å²) < 4.78 is 51.7. The van der Waals surface area contributed by atoms with E-state index in [0.717, 1.165) is 5.56 Å². The standard InChI is InChI=1S/C20H20F3NO5/c1-27-17-10-14(4-8-16(17)29-20(22)23)11-24-18(25)12-28-19(26)9-5-13-2-6-15(21)7-3-13/h2-4,6-8,10,20H,5,9,11-12H2,1H3,(H,24,25). The van der Waals surface area contributed by atoms with Crippen LogP contribution in [0.25, 0.3) is 0 Å². The van der Waals surface area contributed by atoms with Crippen molar-refractivity contribution in [2.24, 2.45) is 0 Å². The second kappa shape index (κ2) is 10.9. The maximum atomic E-state index is 12.8. The van der Waals surface area contributed by atoms with E-state index in [4.69, 9.17) is 9.47 Å². The molecule has 0 aliphatic carbocycles. The Balaban J connectivity index is 1.73. The molecule has 0 atom stereocenters.